The van der Waals surface area contributed by atoms with E-state index in [1.54, 1.807) is 17.5 Å². The number of nitrogens with zero attached hydrogens (tertiary/aromatic N) is 2. The number of methoxy groups -OCH3 is 1. The molecule has 0 saturated heterocycles. The Labute approximate surface area is 129 Å². The minimum atomic E-state index is -0.298. The molecule has 21 heavy (non-hydrogen) atoms. The van der Waals surface area contributed by atoms with E-state index < -0.39 is 0 Å². The van der Waals surface area contributed by atoms with Gasteiger partial charge in [-0.2, -0.15) is 0 Å². The molecule has 2 aromatic rings. The molecule has 1 unspecified atom stereocenters. The molecule has 0 spiro atoms. The molecular formula is C15H21N3O2S. The highest BCUT2D eigenvalue weighted by Crippen LogP contribution is 2.23. The molecule has 1 atom stereocenters. The molecular weight excluding hydrogens is 286 g/mol. The van der Waals surface area contributed by atoms with Crippen molar-refractivity contribution in [1.82, 2.24) is 14.9 Å². The van der Waals surface area contributed by atoms with E-state index in [-0.39, 0.29) is 18.1 Å². The average molecular weight is 307 g/mol. The summed E-state index contributed by atoms with van der Waals surface area (Å²) in [4.78, 5) is 17.3. The van der Waals surface area contributed by atoms with Crippen LogP contribution in [0.5, 0.6) is 0 Å². The SMILES string of the molecule is COC(=O)C(CCn1ccnc1-c1cccs1)NC(C)C. The molecule has 0 radical (unpaired) electrons. The van der Waals surface area contributed by atoms with Crippen LogP contribution < -0.4 is 5.32 Å². The number of thiophene rings is 1. The minimum Gasteiger partial charge on any atom is -0.468 e. The Kier molecular flexibility index (Phi) is 5.52. The second-order valence-electron chi connectivity index (χ2n) is 5.11. The van der Waals surface area contributed by atoms with Crippen molar-refractivity contribution in [1.29, 1.82) is 0 Å². The Morgan fingerprint density at radius 3 is 2.95 bits per heavy atom. The van der Waals surface area contributed by atoms with E-state index in [1.807, 2.05) is 37.6 Å². The molecule has 1 N–H and O–H groups in total. The summed E-state index contributed by atoms with van der Waals surface area (Å²) in [6.45, 7) is 4.75. The maximum Gasteiger partial charge on any atom is 0.322 e. The van der Waals surface area contributed by atoms with E-state index in [0.29, 0.717) is 13.0 Å². The number of carbonyl (C=O) groups excluding carboxylic acids is 1. The second-order valence-corrected chi connectivity index (χ2v) is 6.06. The van der Waals surface area contributed by atoms with Gasteiger partial charge in [0.15, 0.2) is 0 Å². The normalized spacial score (nSPS) is 12.6. The smallest absolute Gasteiger partial charge is 0.322 e. The van der Waals surface area contributed by atoms with Crippen LogP contribution in [0, 0.1) is 0 Å². The summed E-state index contributed by atoms with van der Waals surface area (Å²) in [7, 11) is 1.42. The third-order valence-electron chi connectivity index (χ3n) is 3.14. The fraction of sp³-hybridized carbons (Fsp3) is 0.467. The number of carbonyl (C=O) groups is 1. The van der Waals surface area contributed by atoms with Gasteiger partial charge in [0.05, 0.1) is 12.0 Å². The standard InChI is InChI=1S/C15H21N3O2S/c1-11(2)17-12(15(19)20-3)6-8-18-9-7-16-14(18)13-5-4-10-21-13/h4-5,7,9-12,17H,6,8H2,1-3H3. The third kappa shape index (κ3) is 4.15. The molecule has 114 valence electrons. The molecule has 0 amide bonds. The largest absolute Gasteiger partial charge is 0.468 e. The van der Waals surface area contributed by atoms with Gasteiger partial charge in [-0.1, -0.05) is 19.9 Å². The van der Waals surface area contributed by atoms with Gasteiger partial charge in [-0.25, -0.2) is 4.98 Å². The monoisotopic (exact) mass is 307 g/mol. The Balaban J connectivity index is 2.04. The number of aryl methyl sites for hydroxylation is 1. The molecule has 6 heteroatoms. The van der Waals surface area contributed by atoms with Crippen LogP contribution in [0.15, 0.2) is 29.9 Å². The number of aromatic nitrogens is 2. The lowest BCUT2D eigenvalue weighted by Gasteiger charge is -2.19. The lowest BCUT2D eigenvalue weighted by Crippen LogP contribution is -2.42. The van der Waals surface area contributed by atoms with Crippen LogP contribution in [0.4, 0.5) is 0 Å². The molecule has 5 nitrogen and oxygen atoms in total. The predicted molar refractivity (Wildman–Crippen MR) is 84.2 cm³/mol. The van der Waals surface area contributed by atoms with E-state index >= 15 is 0 Å². The molecule has 0 fully saturated rings. The van der Waals surface area contributed by atoms with Crippen LogP contribution in [-0.2, 0) is 16.1 Å². The molecule has 2 aromatic heterocycles. The molecule has 0 aromatic carbocycles. The molecule has 2 rings (SSSR count). The van der Waals surface area contributed by atoms with Crippen LogP contribution in [-0.4, -0.2) is 34.7 Å². The van der Waals surface area contributed by atoms with Crippen molar-refractivity contribution in [3.63, 3.8) is 0 Å². The summed E-state index contributed by atoms with van der Waals surface area (Å²) in [6, 6.07) is 3.99. The average Bonchev–Trinajstić information content (AvgIpc) is 3.12. The lowest BCUT2D eigenvalue weighted by molar-refractivity contribution is -0.143. The van der Waals surface area contributed by atoms with Gasteiger partial charge in [0.25, 0.3) is 0 Å². The number of esters is 1. The van der Waals surface area contributed by atoms with Crippen LogP contribution in [0.3, 0.4) is 0 Å². The zero-order chi connectivity index (χ0) is 15.2. The number of nitrogens with one attached hydrogen (secondary N) is 1. The van der Waals surface area contributed by atoms with Crippen LogP contribution in [0.25, 0.3) is 10.7 Å². The highest BCUT2D eigenvalue weighted by Gasteiger charge is 2.20. The zero-order valence-corrected chi connectivity index (χ0v) is 13.4. The van der Waals surface area contributed by atoms with Crippen LogP contribution in [0.1, 0.15) is 20.3 Å². The van der Waals surface area contributed by atoms with Crippen molar-refractivity contribution in [3.05, 3.63) is 29.9 Å². The first-order valence-electron chi connectivity index (χ1n) is 7.00. The summed E-state index contributed by atoms with van der Waals surface area (Å²) in [5, 5.41) is 5.28. The maximum atomic E-state index is 11.8. The molecule has 0 aliphatic carbocycles. The Morgan fingerprint density at radius 1 is 1.52 bits per heavy atom. The van der Waals surface area contributed by atoms with E-state index in [9.17, 15) is 4.79 Å². The van der Waals surface area contributed by atoms with E-state index in [2.05, 4.69) is 14.9 Å². The van der Waals surface area contributed by atoms with Gasteiger partial charge in [-0.05, 0) is 17.9 Å². The third-order valence-corrected chi connectivity index (χ3v) is 4.00. The van der Waals surface area contributed by atoms with E-state index in [0.717, 1.165) is 10.7 Å². The summed E-state index contributed by atoms with van der Waals surface area (Å²) in [6.07, 6.45) is 4.40. The number of hydrogen-bond acceptors (Lipinski definition) is 5. The van der Waals surface area contributed by atoms with Crippen molar-refractivity contribution in [2.75, 3.05) is 7.11 Å². The summed E-state index contributed by atoms with van der Waals surface area (Å²) >= 11 is 1.66. The maximum absolute atomic E-state index is 11.8. The lowest BCUT2D eigenvalue weighted by atomic mass is 10.2. The Hall–Kier alpha value is -1.66. The molecule has 0 aliphatic rings. The van der Waals surface area contributed by atoms with Crippen molar-refractivity contribution in [2.24, 2.45) is 0 Å². The van der Waals surface area contributed by atoms with Gasteiger partial charge in [0.2, 0.25) is 0 Å². The van der Waals surface area contributed by atoms with Crippen molar-refractivity contribution in [3.8, 4) is 10.7 Å². The van der Waals surface area contributed by atoms with E-state index in [4.69, 9.17) is 4.74 Å². The first-order valence-corrected chi connectivity index (χ1v) is 7.88. The fourth-order valence-corrected chi connectivity index (χ4v) is 2.94. The zero-order valence-electron chi connectivity index (χ0n) is 12.6. The van der Waals surface area contributed by atoms with Gasteiger partial charge in [-0.3, -0.25) is 4.79 Å². The van der Waals surface area contributed by atoms with Gasteiger partial charge in [-0.15, -0.1) is 11.3 Å². The predicted octanol–water partition coefficient (Wildman–Crippen LogP) is 2.54. The Bertz CT molecular complexity index is 563. The second kappa shape index (κ2) is 7.38. The summed E-state index contributed by atoms with van der Waals surface area (Å²) in [5.74, 6) is 0.722. The molecule has 0 saturated carbocycles. The summed E-state index contributed by atoms with van der Waals surface area (Å²) < 4.78 is 6.93. The van der Waals surface area contributed by atoms with Gasteiger partial charge in [0.1, 0.15) is 11.9 Å². The van der Waals surface area contributed by atoms with Gasteiger partial charge in [0, 0.05) is 25.0 Å². The topological polar surface area (TPSA) is 56.2 Å². The highest BCUT2D eigenvalue weighted by molar-refractivity contribution is 7.13. The Morgan fingerprint density at radius 2 is 2.33 bits per heavy atom. The summed E-state index contributed by atoms with van der Waals surface area (Å²) in [5.41, 5.74) is 0. The van der Waals surface area contributed by atoms with Gasteiger partial charge >= 0.3 is 5.97 Å². The van der Waals surface area contributed by atoms with Crippen molar-refractivity contribution < 1.29 is 9.53 Å². The number of rotatable bonds is 7. The van der Waals surface area contributed by atoms with Crippen molar-refractivity contribution >= 4 is 17.3 Å². The van der Waals surface area contributed by atoms with E-state index in [1.165, 1.54) is 7.11 Å². The molecule has 0 aliphatic heterocycles. The number of hydrogen-bond donors (Lipinski definition) is 1. The first kappa shape index (κ1) is 15.7. The fourth-order valence-electron chi connectivity index (χ4n) is 2.20. The minimum absolute atomic E-state index is 0.221. The number of imidazole rings is 1. The first-order chi connectivity index (χ1) is 10.1. The van der Waals surface area contributed by atoms with Gasteiger partial charge < -0.3 is 14.6 Å². The van der Waals surface area contributed by atoms with Crippen molar-refractivity contribution in [2.45, 2.75) is 38.9 Å². The molecule has 2 heterocycles. The highest BCUT2D eigenvalue weighted by atomic mass is 32.1. The molecule has 0 bridgehead atoms. The van der Waals surface area contributed by atoms with Crippen LogP contribution in [0.2, 0.25) is 0 Å². The quantitative estimate of drug-likeness (QED) is 0.799. The number of ether oxygens (including phenoxy) is 1. The van der Waals surface area contributed by atoms with Crippen LogP contribution >= 0.6 is 11.3 Å².